The predicted octanol–water partition coefficient (Wildman–Crippen LogP) is 5.60. The van der Waals surface area contributed by atoms with Crippen LogP contribution < -0.4 is 10.1 Å². The standard InChI is InChI=1S/C26H30N4OS/c1-18-19(2)32-26-24(18)25(27-16-21-11-8-12-22(15-21)31-4)28-23(29-26)17-30(3)14-13-20-9-6-5-7-10-20/h5-12,15H,13-14,16-17H2,1-4H3,(H,27,28,29). The summed E-state index contributed by atoms with van der Waals surface area (Å²) in [5.41, 5.74) is 3.75. The number of likely N-dealkylation sites (N-methyl/N-ethyl adjacent to an activating group) is 1. The van der Waals surface area contributed by atoms with E-state index in [0.717, 1.165) is 46.1 Å². The second-order valence-corrected chi connectivity index (χ2v) is 9.33. The molecule has 1 N–H and O–H groups in total. The summed E-state index contributed by atoms with van der Waals surface area (Å²) in [4.78, 5) is 14.5. The molecule has 2 heterocycles. The van der Waals surface area contributed by atoms with E-state index in [4.69, 9.17) is 14.7 Å². The van der Waals surface area contributed by atoms with Crippen LogP contribution in [-0.4, -0.2) is 35.6 Å². The topological polar surface area (TPSA) is 50.3 Å². The van der Waals surface area contributed by atoms with Crippen molar-refractivity contribution in [3.8, 4) is 5.75 Å². The van der Waals surface area contributed by atoms with E-state index >= 15 is 0 Å². The van der Waals surface area contributed by atoms with Crippen LogP contribution >= 0.6 is 11.3 Å². The Morgan fingerprint density at radius 3 is 2.56 bits per heavy atom. The molecule has 0 bridgehead atoms. The van der Waals surface area contributed by atoms with Gasteiger partial charge in [0.25, 0.3) is 0 Å². The van der Waals surface area contributed by atoms with Crippen molar-refractivity contribution < 1.29 is 4.74 Å². The molecule has 5 nitrogen and oxygen atoms in total. The van der Waals surface area contributed by atoms with E-state index in [0.29, 0.717) is 13.1 Å². The molecule has 4 rings (SSSR count). The zero-order valence-corrected chi connectivity index (χ0v) is 20.0. The summed E-state index contributed by atoms with van der Waals surface area (Å²) in [6.45, 7) is 6.66. The summed E-state index contributed by atoms with van der Waals surface area (Å²) in [6, 6.07) is 18.7. The van der Waals surface area contributed by atoms with Crippen LogP contribution in [0.5, 0.6) is 5.75 Å². The SMILES string of the molecule is COc1cccc(CNc2nc(CN(C)CCc3ccccc3)nc3sc(C)c(C)c23)c1. The number of methoxy groups -OCH3 is 1. The number of ether oxygens (including phenoxy) is 1. The van der Waals surface area contributed by atoms with Gasteiger partial charge in [-0.05, 0) is 56.1 Å². The van der Waals surface area contributed by atoms with Crippen molar-refractivity contribution in [1.29, 1.82) is 0 Å². The number of hydrogen-bond acceptors (Lipinski definition) is 6. The Kier molecular flexibility index (Phi) is 7.02. The van der Waals surface area contributed by atoms with Gasteiger partial charge in [-0.1, -0.05) is 42.5 Å². The Morgan fingerprint density at radius 2 is 1.78 bits per heavy atom. The zero-order valence-electron chi connectivity index (χ0n) is 19.2. The van der Waals surface area contributed by atoms with Crippen LogP contribution in [-0.2, 0) is 19.5 Å². The van der Waals surface area contributed by atoms with Crippen molar-refractivity contribution in [2.24, 2.45) is 0 Å². The monoisotopic (exact) mass is 446 g/mol. The Hall–Kier alpha value is -2.96. The Balaban J connectivity index is 1.53. The van der Waals surface area contributed by atoms with E-state index in [-0.39, 0.29) is 0 Å². The number of aromatic nitrogens is 2. The van der Waals surface area contributed by atoms with E-state index in [1.54, 1.807) is 18.4 Å². The number of thiophene rings is 1. The summed E-state index contributed by atoms with van der Waals surface area (Å²) in [5, 5.41) is 4.69. The van der Waals surface area contributed by atoms with E-state index in [1.807, 2.05) is 12.1 Å². The highest BCUT2D eigenvalue weighted by atomic mass is 32.1. The molecule has 0 saturated carbocycles. The van der Waals surface area contributed by atoms with Gasteiger partial charge < -0.3 is 10.1 Å². The number of nitrogens with one attached hydrogen (secondary N) is 1. The van der Waals surface area contributed by atoms with Crippen molar-refractivity contribution in [3.63, 3.8) is 0 Å². The van der Waals surface area contributed by atoms with Gasteiger partial charge in [0.2, 0.25) is 0 Å². The molecule has 0 saturated heterocycles. The van der Waals surface area contributed by atoms with Crippen LogP contribution in [0.15, 0.2) is 54.6 Å². The van der Waals surface area contributed by atoms with Crippen molar-refractivity contribution in [2.75, 3.05) is 26.0 Å². The third kappa shape index (κ3) is 5.26. The van der Waals surface area contributed by atoms with Gasteiger partial charge >= 0.3 is 0 Å². The maximum absolute atomic E-state index is 5.36. The van der Waals surface area contributed by atoms with Gasteiger partial charge in [0.15, 0.2) is 0 Å². The van der Waals surface area contributed by atoms with E-state index in [1.165, 1.54) is 16.0 Å². The Morgan fingerprint density at radius 1 is 1.00 bits per heavy atom. The first-order valence-corrected chi connectivity index (χ1v) is 11.7. The first kappa shape index (κ1) is 22.2. The number of fused-ring (bicyclic) bond motifs is 1. The number of aryl methyl sites for hydroxylation is 2. The lowest BCUT2D eigenvalue weighted by atomic mass is 10.1. The van der Waals surface area contributed by atoms with Crippen LogP contribution in [0.25, 0.3) is 10.2 Å². The second-order valence-electron chi connectivity index (χ2n) is 8.13. The fraction of sp³-hybridized carbons (Fsp3) is 0.308. The predicted molar refractivity (Wildman–Crippen MR) is 134 cm³/mol. The molecular weight excluding hydrogens is 416 g/mol. The van der Waals surface area contributed by atoms with Gasteiger partial charge in [-0.2, -0.15) is 0 Å². The molecule has 0 aliphatic heterocycles. The molecule has 0 unspecified atom stereocenters. The average Bonchev–Trinajstić information content (AvgIpc) is 3.10. The van der Waals surface area contributed by atoms with E-state index < -0.39 is 0 Å². The zero-order chi connectivity index (χ0) is 22.5. The molecule has 0 aliphatic carbocycles. The third-order valence-corrected chi connectivity index (χ3v) is 6.81. The van der Waals surface area contributed by atoms with Gasteiger partial charge in [0.1, 0.15) is 22.2 Å². The number of hydrogen-bond donors (Lipinski definition) is 1. The smallest absolute Gasteiger partial charge is 0.146 e. The molecule has 4 aromatic rings. The molecule has 0 atom stereocenters. The van der Waals surface area contributed by atoms with Gasteiger partial charge in [0.05, 0.1) is 19.0 Å². The lowest BCUT2D eigenvalue weighted by Crippen LogP contribution is -2.22. The number of rotatable bonds is 9. The quantitative estimate of drug-likeness (QED) is 0.362. The first-order valence-electron chi connectivity index (χ1n) is 10.9. The molecule has 2 aromatic carbocycles. The lowest BCUT2D eigenvalue weighted by molar-refractivity contribution is 0.323. The van der Waals surface area contributed by atoms with Crippen LogP contribution in [0.4, 0.5) is 5.82 Å². The summed E-state index contributed by atoms with van der Waals surface area (Å²) in [6.07, 6.45) is 1.01. The molecule has 0 spiro atoms. The van der Waals surface area contributed by atoms with Crippen molar-refractivity contribution in [3.05, 3.63) is 82.0 Å². The largest absolute Gasteiger partial charge is 0.497 e. The molecule has 2 aromatic heterocycles. The summed E-state index contributed by atoms with van der Waals surface area (Å²) >= 11 is 1.74. The highest BCUT2D eigenvalue weighted by Gasteiger charge is 2.15. The maximum atomic E-state index is 5.36. The summed E-state index contributed by atoms with van der Waals surface area (Å²) < 4.78 is 5.36. The van der Waals surface area contributed by atoms with Crippen LogP contribution in [0.2, 0.25) is 0 Å². The van der Waals surface area contributed by atoms with E-state index in [9.17, 15) is 0 Å². The molecule has 0 fully saturated rings. The molecule has 6 heteroatoms. The molecule has 166 valence electrons. The lowest BCUT2D eigenvalue weighted by Gasteiger charge is -2.17. The van der Waals surface area contributed by atoms with Crippen LogP contribution in [0, 0.1) is 13.8 Å². The highest BCUT2D eigenvalue weighted by molar-refractivity contribution is 7.18. The molecule has 32 heavy (non-hydrogen) atoms. The minimum absolute atomic E-state index is 0.681. The van der Waals surface area contributed by atoms with Gasteiger partial charge in [0, 0.05) is 18.0 Å². The number of benzene rings is 2. The number of anilines is 1. The van der Waals surface area contributed by atoms with Gasteiger partial charge in [-0.15, -0.1) is 11.3 Å². The Bertz CT molecular complexity index is 1190. The highest BCUT2D eigenvalue weighted by Crippen LogP contribution is 2.33. The minimum atomic E-state index is 0.681. The normalized spacial score (nSPS) is 11.3. The molecule has 0 amide bonds. The van der Waals surface area contributed by atoms with Crippen molar-refractivity contribution in [1.82, 2.24) is 14.9 Å². The fourth-order valence-electron chi connectivity index (χ4n) is 3.75. The van der Waals surface area contributed by atoms with Crippen molar-refractivity contribution >= 4 is 27.4 Å². The maximum Gasteiger partial charge on any atom is 0.146 e. The summed E-state index contributed by atoms with van der Waals surface area (Å²) in [5.74, 6) is 2.62. The molecular formula is C26H30N4OS. The first-order chi connectivity index (χ1) is 15.5. The summed E-state index contributed by atoms with van der Waals surface area (Å²) in [7, 11) is 3.82. The molecule has 0 radical (unpaired) electrons. The fourth-order valence-corrected chi connectivity index (χ4v) is 4.79. The minimum Gasteiger partial charge on any atom is -0.497 e. The average molecular weight is 447 g/mol. The van der Waals surface area contributed by atoms with Crippen LogP contribution in [0.3, 0.4) is 0 Å². The van der Waals surface area contributed by atoms with E-state index in [2.05, 4.69) is 73.6 Å². The van der Waals surface area contributed by atoms with Gasteiger partial charge in [-0.25, -0.2) is 9.97 Å². The number of nitrogens with zero attached hydrogens (tertiary/aromatic N) is 3. The third-order valence-electron chi connectivity index (χ3n) is 5.71. The van der Waals surface area contributed by atoms with Crippen LogP contribution in [0.1, 0.15) is 27.4 Å². The van der Waals surface area contributed by atoms with Crippen molar-refractivity contribution in [2.45, 2.75) is 33.4 Å². The van der Waals surface area contributed by atoms with Gasteiger partial charge in [-0.3, -0.25) is 4.90 Å². The molecule has 0 aliphatic rings. The Labute approximate surface area is 194 Å². The second kappa shape index (κ2) is 10.1.